The standard InChI is InChI=1S/C18H22N2O2S2/c21-17(15-6-2-8-23-15)19-11-13-4-1-5-14(10-13)12-20-18(22)16-7-3-9-24-16/h2-3,6-9,13-14H,1,4-5,10-12H2,(H,19,21)(H,20,22)/t13-,14-/m1/s1. The molecule has 2 aromatic heterocycles. The third-order valence-electron chi connectivity index (χ3n) is 4.48. The van der Waals surface area contributed by atoms with Gasteiger partial charge in [0.2, 0.25) is 0 Å². The largest absolute Gasteiger partial charge is 0.351 e. The van der Waals surface area contributed by atoms with E-state index in [0.717, 1.165) is 42.1 Å². The number of carbonyl (C=O) groups excluding carboxylic acids is 2. The average molecular weight is 363 g/mol. The van der Waals surface area contributed by atoms with Crippen LogP contribution < -0.4 is 10.6 Å². The summed E-state index contributed by atoms with van der Waals surface area (Å²) in [5, 5.41) is 9.93. The fourth-order valence-electron chi connectivity index (χ4n) is 3.24. The van der Waals surface area contributed by atoms with Crippen molar-refractivity contribution < 1.29 is 9.59 Å². The van der Waals surface area contributed by atoms with Crippen LogP contribution in [0.2, 0.25) is 0 Å². The third kappa shape index (κ3) is 4.68. The van der Waals surface area contributed by atoms with Crippen molar-refractivity contribution in [2.24, 2.45) is 11.8 Å². The lowest BCUT2D eigenvalue weighted by molar-refractivity contribution is 0.0939. The Kier molecular flexibility index (Phi) is 6.04. The summed E-state index contributed by atoms with van der Waals surface area (Å²) in [4.78, 5) is 25.6. The maximum absolute atomic E-state index is 12.0. The maximum atomic E-state index is 12.0. The zero-order valence-electron chi connectivity index (χ0n) is 13.5. The van der Waals surface area contributed by atoms with Crippen LogP contribution in [0.5, 0.6) is 0 Å². The van der Waals surface area contributed by atoms with Gasteiger partial charge in [0.1, 0.15) is 0 Å². The van der Waals surface area contributed by atoms with Crippen molar-refractivity contribution in [2.75, 3.05) is 13.1 Å². The molecule has 2 aromatic rings. The van der Waals surface area contributed by atoms with Gasteiger partial charge >= 0.3 is 0 Å². The van der Waals surface area contributed by atoms with Crippen LogP contribution in [0.15, 0.2) is 35.0 Å². The number of thiophene rings is 2. The summed E-state index contributed by atoms with van der Waals surface area (Å²) >= 11 is 2.94. The minimum atomic E-state index is 0.0260. The molecule has 1 aliphatic carbocycles. The van der Waals surface area contributed by atoms with E-state index < -0.39 is 0 Å². The quantitative estimate of drug-likeness (QED) is 0.822. The first-order chi connectivity index (χ1) is 11.7. The molecule has 24 heavy (non-hydrogen) atoms. The zero-order valence-corrected chi connectivity index (χ0v) is 15.1. The summed E-state index contributed by atoms with van der Waals surface area (Å²) in [5.41, 5.74) is 0. The fourth-order valence-corrected chi connectivity index (χ4v) is 4.52. The van der Waals surface area contributed by atoms with E-state index >= 15 is 0 Å². The second kappa shape index (κ2) is 8.44. The van der Waals surface area contributed by atoms with Gasteiger partial charge in [-0.15, -0.1) is 22.7 Å². The molecular formula is C18H22N2O2S2. The Morgan fingerprint density at radius 3 is 1.83 bits per heavy atom. The van der Waals surface area contributed by atoms with E-state index in [9.17, 15) is 9.59 Å². The molecule has 128 valence electrons. The summed E-state index contributed by atoms with van der Waals surface area (Å²) in [6.07, 6.45) is 4.54. The van der Waals surface area contributed by atoms with E-state index in [4.69, 9.17) is 0 Å². The van der Waals surface area contributed by atoms with Gasteiger partial charge in [-0.1, -0.05) is 18.6 Å². The Balaban J connectivity index is 1.41. The summed E-state index contributed by atoms with van der Waals surface area (Å²) in [6, 6.07) is 7.49. The first-order valence-electron chi connectivity index (χ1n) is 8.36. The maximum Gasteiger partial charge on any atom is 0.261 e. The Hall–Kier alpha value is -1.66. The lowest BCUT2D eigenvalue weighted by atomic mass is 9.81. The molecule has 1 aliphatic rings. The topological polar surface area (TPSA) is 58.2 Å². The minimum Gasteiger partial charge on any atom is -0.351 e. The summed E-state index contributed by atoms with van der Waals surface area (Å²) in [6.45, 7) is 1.46. The molecule has 0 unspecified atom stereocenters. The molecule has 1 saturated carbocycles. The molecule has 0 saturated heterocycles. The number of hydrogen-bond donors (Lipinski definition) is 2. The predicted molar refractivity (Wildman–Crippen MR) is 98.8 cm³/mol. The lowest BCUT2D eigenvalue weighted by Crippen LogP contribution is -2.35. The van der Waals surface area contributed by atoms with Crippen LogP contribution in [0.1, 0.15) is 45.0 Å². The van der Waals surface area contributed by atoms with Crippen LogP contribution in [0.4, 0.5) is 0 Å². The van der Waals surface area contributed by atoms with Gasteiger partial charge in [-0.05, 0) is 54.0 Å². The Bertz CT molecular complexity index is 596. The monoisotopic (exact) mass is 362 g/mol. The van der Waals surface area contributed by atoms with Gasteiger partial charge in [-0.3, -0.25) is 9.59 Å². The van der Waals surface area contributed by atoms with Gasteiger partial charge in [0.05, 0.1) is 9.75 Å². The highest BCUT2D eigenvalue weighted by Gasteiger charge is 2.23. The van der Waals surface area contributed by atoms with Crippen molar-refractivity contribution >= 4 is 34.5 Å². The molecule has 2 amide bonds. The lowest BCUT2D eigenvalue weighted by Gasteiger charge is -2.29. The van der Waals surface area contributed by atoms with E-state index in [1.165, 1.54) is 29.1 Å². The van der Waals surface area contributed by atoms with Crippen molar-refractivity contribution in [3.8, 4) is 0 Å². The first-order valence-corrected chi connectivity index (χ1v) is 10.1. The number of amides is 2. The molecule has 0 aliphatic heterocycles. The predicted octanol–water partition coefficient (Wildman–Crippen LogP) is 3.78. The van der Waals surface area contributed by atoms with Gasteiger partial charge < -0.3 is 10.6 Å². The molecule has 4 nitrogen and oxygen atoms in total. The first kappa shape index (κ1) is 17.2. The highest BCUT2D eigenvalue weighted by molar-refractivity contribution is 7.12. The van der Waals surface area contributed by atoms with E-state index in [2.05, 4.69) is 10.6 Å². The van der Waals surface area contributed by atoms with Crippen LogP contribution in [-0.4, -0.2) is 24.9 Å². The van der Waals surface area contributed by atoms with Crippen LogP contribution >= 0.6 is 22.7 Å². The van der Waals surface area contributed by atoms with Crippen LogP contribution in [0.25, 0.3) is 0 Å². The third-order valence-corrected chi connectivity index (χ3v) is 6.22. The Morgan fingerprint density at radius 2 is 1.42 bits per heavy atom. The van der Waals surface area contributed by atoms with Crippen LogP contribution in [-0.2, 0) is 0 Å². The normalized spacial score (nSPS) is 20.5. The Morgan fingerprint density at radius 1 is 0.917 bits per heavy atom. The SMILES string of the molecule is O=C(NC[C@@H]1CCC[C@@H](CNC(=O)c2cccs2)C1)c1cccs1. The fraction of sp³-hybridized carbons (Fsp3) is 0.444. The summed E-state index contributed by atoms with van der Waals surface area (Å²) < 4.78 is 0. The highest BCUT2D eigenvalue weighted by atomic mass is 32.1. The van der Waals surface area contributed by atoms with Crippen LogP contribution in [0.3, 0.4) is 0 Å². The molecule has 2 N–H and O–H groups in total. The molecule has 0 bridgehead atoms. The van der Waals surface area contributed by atoms with Gasteiger partial charge in [0.25, 0.3) is 11.8 Å². The van der Waals surface area contributed by atoms with E-state index in [1.807, 2.05) is 35.0 Å². The van der Waals surface area contributed by atoms with Gasteiger partial charge in [-0.2, -0.15) is 0 Å². The summed E-state index contributed by atoms with van der Waals surface area (Å²) in [5.74, 6) is 1.06. The molecule has 0 spiro atoms. The van der Waals surface area contributed by atoms with Crippen LogP contribution in [0, 0.1) is 11.8 Å². The highest BCUT2D eigenvalue weighted by Crippen LogP contribution is 2.28. The molecule has 3 rings (SSSR count). The van der Waals surface area contributed by atoms with E-state index in [0.29, 0.717) is 11.8 Å². The number of carbonyl (C=O) groups is 2. The number of nitrogens with one attached hydrogen (secondary N) is 2. The second-order valence-corrected chi connectivity index (χ2v) is 8.17. The van der Waals surface area contributed by atoms with Gasteiger partial charge in [0, 0.05) is 13.1 Å². The van der Waals surface area contributed by atoms with Crippen molar-refractivity contribution in [2.45, 2.75) is 25.7 Å². The van der Waals surface area contributed by atoms with E-state index in [1.54, 1.807) is 0 Å². The summed E-state index contributed by atoms with van der Waals surface area (Å²) in [7, 11) is 0. The van der Waals surface area contributed by atoms with E-state index in [-0.39, 0.29) is 11.8 Å². The smallest absolute Gasteiger partial charge is 0.261 e. The molecule has 2 heterocycles. The van der Waals surface area contributed by atoms with Gasteiger partial charge in [0.15, 0.2) is 0 Å². The average Bonchev–Trinajstić information content (AvgIpc) is 3.31. The number of hydrogen-bond acceptors (Lipinski definition) is 4. The van der Waals surface area contributed by atoms with Crippen molar-refractivity contribution in [3.05, 3.63) is 44.8 Å². The van der Waals surface area contributed by atoms with Crippen molar-refractivity contribution in [1.29, 1.82) is 0 Å². The Labute approximate surface area is 150 Å². The second-order valence-electron chi connectivity index (χ2n) is 6.27. The van der Waals surface area contributed by atoms with Crippen molar-refractivity contribution in [1.82, 2.24) is 10.6 Å². The minimum absolute atomic E-state index is 0.0260. The molecule has 1 fully saturated rings. The molecule has 2 atom stereocenters. The molecule has 0 aromatic carbocycles. The molecular weight excluding hydrogens is 340 g/mol. The molecule has 0 radical (unpaired) electrons. The number of rotatable bonds is 6. The zero-order chi connectivity index (χ0) is 16.8. The van der Waals surface area contributed by atoms with Gasteiger partial charge in [-0.25, -0.2) is 0 Å². The molecule has 6 heteroatoms. The van der Waals surface area contributed by atoms with Crippen molar-refractivity contribution in [3.63, 3.8) is 0 Å².